The molecule has 3 heterocycles. The van der Waals surface area contributed by atoms with E-state index in [4.69, 9.17) is 4.74 Å². The number of pyridine rings is 1. The van der Waals surface area contributed by atoms with Crippen molar-refractivity contribution in [1.82, 2.24) is 15.2 Å². The fourth-order valence-electron chi connectivity index (χ4n) is 5.80. The molecule has 3 aromatic rings. The summed E-state index contributed by atoms with van der Waals surface area (Å²) in [5, 5.41) is 3.47. The number of ether oxygens (including phenoxy) is 1. The van der Waals surface area contributed by atoms with Crippen LogP contribution < -0.4 is 19.9 Å². The van der Waals surface area contributed by atoms with Gasteiger partial charge in [0.05, 0.1) is 18.0 Å². The van der Waals surface area contributed by atoms with Crippen molar-refractivity contribution in [3.05, 3.63) is 83.2 Å². The zero-order valence-corrected chi connectivity index (χ0v) is 25.6. The monoisotopic (exact) mass is 583 g/mol. The van der Waals surface area contributed by atoms with Crippen molar-refractivity contribution in [1.29, 1.82) is 0 Å². The summed E-state index contributed by atoms with van der Waals surface area (Å²) in [6, 6.07) is 17.5. The van der Waals surface area contributed by atoms with Crippen molar-refractivity contribution in [3.8, 4) is 5.75 Å². The number of anilines is 2. The van der Waals surface area contributed by atoms with E-state index < -0.39 is 5.41 Å². The molecule has 0 aliphatic carbocycles. The Labute approximate surface area is 253 Å². The molecule has 0 saturated heterocycles. The first-order valence-electron chi connectivity index (χ1n) is 15.1. The lowest BCUT2D eigenvalue weighted by molar-refractivity contribution is -0.137. The van der Waals surface area contributed by atoms with Crippen molar-refractivity contribution in [2.75, 3.05) is 49.6 Å². The van der Waals surface area contributed by atoms with E-state index >= 15 is 0 Å². The maximum absolute atomic E-state index is 13.1. The summed E-state index contributed by atoms with van der Waals surface area (Å²) in [7, 11) is 1.71. The van der Waals surface area contributed by atoms with Crippen LogP contribution >= 0.6 is 0 Å². The van der Waals surface area contributed by atoms with Crippen molar-refractivity contribution >= 4 is 29.1 Å². The van der Waals surface area contributed by atoms with E-state index in [1.807, 2.05) is 66.6 Å². The quantitative estimate of drug-likeness (QED) is 0.268. The second-order valence-corrected chi connectivity index (χ2v) is 11.7. The number of aromatic nitrogens is 1. The first-order valence-corrected chi connectivity index (χ1v) is 15.1. The van der Waals surface area contributed by atoms with Gasteiger partial charge in [-0.05, 0) is 81.6 Å². The number of nitrogens with zero attached hydrogens (tertiary/aromatic N) is 4. The lowest BCUT2D eigenvalue weighted by Crippen LogP contribution is -2.47. The van der Waals surface area contributed by atoms with Crippen LogP contribution in [0.2, 0.25) is 0 Å². The second-order valence-electron chi connectivity index (χ2n) is 11.7. The maximum Gasteiger partial charge on any atom is 0.254 e. The minimum absolute atomic E-state index is 0.107. The van der Waals surface area contributed by atoms with Crippen LogP contribution in [0.4, 0.5) is 11.4 Å². The van der Waals surface area contributed by atoms with E-state index in [0.717, 1.165) is 54.7 Å². The summed E-state index contributed by atoms with van der Waals surface area (Å²) >= 11 is 0. The van der Waals surface area contributed by atoms with Crippen molar-refractivity contribution in [2.45, 2.75) is 46.6 Å². The minimum Gasteiger partial charge on any atom is -0.493 e. The molecule has 0 saturated carbocycles. The largest absolute Gasteiger partial charge is 0.493 e. The molecule has 0 fully saturated rings. The Morgan fingerprint density at radius 1 is 1.00 bits per heavy atom. The standard InChI is InChI=1S/C34H41N5O4/c1-5-39-29-12-11-27(22-30(29)37(4)32(41)34(2,3)33(39)42)43-20-8-16-35-23-24-13-17-36-26(21-24)15-19-38-18-14-25-9-6-7-10-28(25)31(38)40/h6-7,9-13,17,21-22,35H,5,8,14-16,18-20,23H2,1-4H3. The van der Waals surface area contributed by atoms with Gasteiger partial charge in [-0.25, -0.2) is 0 Å². The smallest absolute Gasteiger partial charge is 0.254 e. The van der Waals surface area contributed by atoms with Crippen LogP contribution in [0.25, 0.3) is 0 Å². The van der Waals surface area contributed by atoms with Gasteiger partial charge in [-0.15, -0.1) is 0 Å². The Morgan fingerprint density at radius 2 is 1.81 bits per heavy atom. The van der Waals surface area contributed by atoms with Gasteiger partial charge in [0.15, 0.2) is 0 Å². The van der Waals surface area contributed by atoms with Crippen LogP contribution in [0.5, 0.6) is 5.75 Å². The van der Waals surface area contributed by atoms with Gasteiger partial charge in [0.25, 0.3) is 5.91 Å². The van der Waals surface area contributed by atoms with Gasteiger partial charge in [0.1, 0.15) is 11.2 Å². The molecule has 9 nitrogen and oxygen atoms in total. The minimum atomic E-state index is -1.13. The van der Waals surface area contributed by atoms with Crippen LogP contribution in [0.3, 0.4) is 0 Å². The van der Waals surface area contributed by atoms with E-state index in [-0.39, 0.29) is 17.7 Å². The molecule has 1 N–H and O–H groups in total. The number of amides is 3. The molecule has 3 amide bonds. The highest BCUT2D eigenvalue weighted by Crippen LogP contribution is 2.40. The zero-order chi connectivity index (χ0) is 30.6. The predicted octanol–water partition coefficient (Wildman–Crippen LogP) is 4.24. The number of hydrogen-bond acceptors (Lipinski definition) is 6. The summed E-state index contributed by atoms with van der Waals surface area (Å²) < 4.78 is 6.01. The van der Waals surface area contributed by atoms with Gasteiger partial charge in [0, 0.05) is 63.2 Å². The van der Waals surface area contributed by atoms with Crippen LogP contribution in [0.15, 0.2) is 60.8 Å². The summed E-state index contributed by atoms with van der Waals surface area (Å²) in [5.74, 6) is 0.335. The van der Waals surface area contributed by atoms with Crippen molar-refractivity contribution < 1.29 is 19.1 Å². The van der Waals surface area contributed by atoms with Crippen LogP contribution in [0, 0.1) is 5.41 Å². The van der Waals surface area contributed by atoms with E-state index in [0.29, 0.717) is 43.4 Å². The number of rotatable bonds is 11. The number of fused-ring (bicyclic) bond motifs is 2. The van der Waals surface area contributed by atoms with Gasteiger partial charge in [-0.2, -0.15) is 0 Å². The fraction of sp³-hybridized carbons (Fsp3) is 0.412. The third-order valence-electron chi connectivity index (χ3n) is 8.33. The topological polar surface area (TPSA) is 95.1 Å². The Hall–Kier alpha value is -4.24. The molecule has 0 spiro atoms. The third kappa shape index (κ3) is 6.41. The number of carbonyl (C=O) groups excluding carboxylic acids is 3. The van der Waals surface area contributed by atoms with Crippen LogP contribution in [0.1, 0.15) is 54.4 Å². The fourth-order valence-corrected chi connectivity index (χ4v) is 5.80. The Balaban J connectivity index is 1.08. The molecule has 5 rings (SSSR count). The highest BCUT2D eigenvalue weighted by molar-refractivity contribution is 6.20. The summed E-state index contributed by atoms with van der Waals surface area (Å²) in [4.78, 5) is 48.6. The molecule has 2 aliphatic heterocycles. The molecule has 0 radical (unpaired) electrons. The Kier molecular flexibility index (Phi) is 9.11. The molecular weight excluding hydrogens is 542 g/mol. The summed E-state index contributed by atoms with van der Waals surface area (Å²) in [6.07, 6.45) is 4.24. The molecule has 9 heteroatoms. The number of hydrogen-bond donors (Lipinski definition) is 1. The zero-order valence-electron chi connectivity index (χ0n) is 25.6. The molecule has 226 valence electrons. The third-order valence-corrected chi connectivity index (χ3v) is 8.33. The lowest BCUT2D eigenvalue weighted by Gasteiger charge is -2.28. The Morgan fingerprint density at radius 3 is 2.63 bits per heavy atom. The highest BCUT2D eigenvalue weighted by atomic mass is 16.5. The summed E-state index contributed by atoms with van der Waals surface area (Å²) in [5.41, 5.74) is 4.33. The second kappa shape index (κ2) is 13.0. The SMILES string of the molecule is CCN1C(=O)C(C)(C)C(=O)N(C)c2cc(OCCCNCc3ccnc(CCN4CCc5ccccc5C4=O)c3)ccc21. The van der Waals surface area contributed by atoms with Gasteiger partial charge >= 0.3 is 0 Å². The molecule has 0 unspecified atom stereocenters. The van der Waals surface area contributed by atoms with Gasteiger partial charge in [-0.1, -0.05) is 18.2 Å². The average Bonchev–Trinajstić information content (AvgIpc) is 3.07. The normalized spacial score (nSPS) is 16.2. The molecule has 2 aliphatic rings. The van der Waals surface area contributed by atoms with E-state index in [2.05, 4.69) is 16.4 Å². The predicted molar refractivity (Wildman–Crippen MR) is 167 cm³/mol. The van der Waals surface area contributed by atoms with Crippen molar-refractivity contribution in [2.24, 2.45) is 5.41 Å². The Bertz CT molecular complexity index is 1500. The van der Waals surface area contributed by atoms with Crippen LogP contribution in [-0.2, 0) is 29.0 Å². The van der Waals surface area contributed by atoms with E-state index in [1.165, 1.54) is 0 Å². The first-order chi connectivity index (χ1) is 20.7. The molecule has 0 atom stereocenters. The molecule has 2 aromatic carbocycles. The van der Waals surface area contributed by atoms with Gasteiger partial charge in [-0.3, -0.25) is 19.4 Å². The average molecular weight is 584 g/mol. The van der Waals surface area contributed by atoms with Gasteiger partial charge < -0.3 is 24.8 Å². The summed E-state index contributed by atoms with van der Waals surface area (Å²) in [6.45, 7) is 9.15. The number of benzene rings is 2. The van der Waals surface area contributed by atoms with Gasteiger partial charge in [0.2, 0.25) is 11.8 Å². The van der Waals surface area contributed by atoms with Crippen LogP contribution in [-0.4, -0.2) is 67.4 Å². The molecule has 0 bridgehead atoms. The maximum atomic E-state index is 13.1. The first kappa shape index (κ1) is 30.2. The number of nitrogens with one attached hydrogen (secondary N) is 1. The molecule has 43 heavy (non-hydrogen) atoms. The van der Waals surface area contributed by atoms with E-state index in [1.54, 1.807) is 30.7 Å². The molecular formula is C34H41N5O4. The highest BCUT2D eigenvalue weighted by Gasteiger charge is 2.45. The van der Waals surface area contributed by atoms with E-state index in [9.17, 15) is 14.4 Å². The molecule has 1 aromatic heterocycles. The van der Waals surface area contributed by atoms with Crippen molar-refractivity contribution in [3.63, 3.8) is 0 Å². The lowest BCUT2D eigenvalue weighted by atomic mass is 9.90. The number of carbonyl (C=O) groups is 3.